The molecule has 0 nitrogen and oxygen atoms in total. The van der Waals surface area contributed by atoms with Gasteiger partial charge in [-0.15, -0.1) is 60.9 Å². The molecule has 0 N–H and O–H groups in total. The SMILES string of the molecule is Cl.Cl.[C-]1=CC=CC1.[CH3-].[Ti]=[CH]c1ccccc1.c1ccc2[cH-]ccc2c1. The second kappa shape index (κ2) is 16.2. The summed E-state index contributed by atoms with van der Waals surface area (Å²) in [5.74, 6) is 0. The topological polar surface area (TPSA) is 0 Å². The Balaban J connectivity index is 0. The van der Waals surface area contributed by atoms with Gasteiger partial charge in [-0.3, -0.25) is 6.08 Å². The summed E-state index contributed by atoms with van der Waals surface area (Å²) in [6.07, 6.45) is 10.0. The summed E-state index contributed by atoms with van der Waals surface area (Å²) in [5, 5.41) is 2.66. The molecule has 0 aromatic heterocycles. The largest absolute Gasteiger partial charge is 0.168 e. The summed E-state index contributed by atoms with van der Waals surface area (Å²) in [6.45, 7) is 0. The van der Waals surface area contributed by atoms with Crippen LogP contribution in [0.25, 0.3) is 10.8 Å². The van der Waals surface area contributed by atoms with Crippen LogP contribution in [0.15, 0.2) is 91.0 Å². The maximum absolute atomic E-state index is 2.99. The molecule has 0 atom stereocenters. The number of hydrogen-bond donors (Lipinski definition) is 0. The molecule has 25 heavy (non-hydrogen) atoms. The summed E-state index contributed by atoms with van der Waals surface area (Å²) in [5.41, 5.74) is 1.28. The predicted octanol–water partition coefficient (Wildman–Crippen LogP) is 6.54. The fraction of sp³-hybridized carbons (Fsp3) is 0.0455. The standard InChI is InChI=1S/C9H7.C7H6.C5H5.CH3.2ClH.Ti/c1-2-5-9-7-3-6-8(9)4-1;1-7-5-3-2-4-6-7;1-2-4-5-3-1;;;;/h1-7H;1-6H;1-3H,4H2;1H3;2*1H;/q-1;;2*-1;;;. The van der Waals surface area contributed by atoms with Gasteiger partial charge >= 0.3 is 60.2 Å². The predicted molar refractivity (Wildman–Crippen MR) is 114 cm³/mol. The van der Waals surface area contributed by atoms with E-state index in [4.69, 9.17) is 0 Å². The Morgan fingerprint density at radius 3 is 2.08 bits per heavy atom. The summed E-state index contributed by atoms with van der Waals surface area (Å²) in [6, 6.07) is 24.9. The summed E-state index contributed by atoms with van der Waals surface area (Å²) >= 11 is 2.04. The molecule has 0 fully saturated rings. The van der Waals surface area contributed by atoms with Crippen molar-refractivity contribution in [2.45, 2.75) is 6.42 Å². The Morgan fingerprint density at radius 2 is 1.60 bits per heavy atom. The average molecular weight is 406 g/mol. The van der Waals surface area contributed by atoms with Crippen LogP contribution in [0.3, 0.4) is 0 Å². The van der Waals surface area contributed by atoms with Crippen LogP contribution in [0, 0.1) is 13.5 Å². The van der Waals surface area contributed by atoms with E-state index in [-0.39, 0.29) is 32.2 Å². The molecule has 0 radical (unpaired) electrons. The molecular formula is C22H23Cl2Ti-3. The number of allylic oxidation sites excluding steroid dienone is 4. The molecule has 0 heterocycles. The number of halogens is 2. The molecule has 3 heteroatoms. The van der Waals surface area contributed by atoms with Gasteiger partial charge < -0.3 is 7.43 Å². The van der Waals surface area contributed by atoms with Crippen LogP contribution in [0.5, 0.6) is 0 Å². The number of benzene rings is 2. The summed E-state index contributed by atoms with van der Waals surface area (Å²) in [4.78, 5) is 0. The fourth-order valence-corrected chi connectivity index (χ4v) is 2.26. The van der Waals surface area contributed by atoms with Gasteiger partial charge in [0.2, 0.25) is 0 Å². The molecule has 0 aliphatic heterocycles. The second-order valence-corrected chi connectivity index (χ2v) is 5.16. The van der Waals surface area contributed by atoms with E-state index in [9.17, 15) is 0 Å². The van der Waals surface area contributed by atoms with E-state index in [2.05, 4.69) is 71.1 Å². The maximum Gasteiger partial charge on any atom is -0.0809 e. The third-order valence-electron chi connectivity index (χ3n) is 3.10. The molecule has 0 unspecified atom stereocenters. The Kier molecular flexibility index (Phi) is 16.8. The van der Waals surface area contributed by atoms with Gasteiger partial charge in [-0.05, 0) is 0 Å². The Hall–Kier alpha value is -1.31. The van der Waals surface area contributed by atoms with E-state index < -0.39 is 0 Å². The normalized spacial score (nSPS) is 9.88. The zero-order chi connectivity index (χ0) is 15.5. The van der Waals surface area contributed by atoms with E-state index in [1.807, 2.05) is 50.3 Å². The van der Waals surface area contributed by atoms with Gasteiger partial charge in [0.05, 0.1) is 0 Å². The first-order valence-corrected chi connectivity index (χ1v) is 8.18. The molecule has 0 amide bonds. The quantitative estimate of drug-likeness (QED) is 0.318. The Bertz CT molecular complexity index is 703. The molecule has 1 aliphatic carbocycles. The van der Waals surface area contributed by atoms with Crippen LogP contribution in [0.4, 0.5) is 0 Å². The van der Waals surface area contributed by atoms with Gasteiger partial charge in [0.25, 0.3) is 0 Å². The van der Waals surface area contributed by atoms with E-state index in [1.54, 1.807) is 0 Å². The van der Waals surface area contributed by atoms with Crippen LogP contribution in [0.2, 0.25) is 0 Å². The minimum Gasteiger partial charge on any atom is -0.168 e. The van der Waals surface area contributed by atoms with Crippen molar-refractivity contribution in [3.8, 4) is 0 Å². The van der Waals surface area contributed by atoms with E-state index in [1.165, 1.54) is 16.3 Å². The van der Waals surface area contributed by atoms with Crippen molar-refractivity contribution < 1.29 is 20.0 Å². The van der Waals surface area contributed by atoms with Gasteiger partial charge in [0.15, 0.2) is 0 Å². The zero-order valence-electron chi connectivity index (χ0n) is 14.3. The van der Waals surface area contributed by atoms with Crippen molar-refractivity contribution in [2.75, 3.05) is 0 Å². The summed E-state index contributed by atoms with van der Waals surface area (Å²) in [7, 11) is 0. The molecular weight excluding hydrogens is 383 g/mol. The number of fused-ring (bicyclic) bond motifs is 1. The van der Waals surface area contributed by atoms with Gasteiger partial charge in [0.1, 0.15) is 0 Å². The first-order valence-electron chi connectivity index (χ1n) is 7.28. The fourth-order valence-electron chi connectivity index (χ4n) is 1.96. The molecule has 0 saturated carbocycles. The van der Waals surface area contributed by atoms with Crippen molar-refractivity contribution in [3.63, 3.8) is 0 Å². The second-order valence-electron chi connectivity index (χ2n) is 4.71. The summed E-state index contributed by atoms with van der Waals surface area (Å²) < 4.78 is 2.08. The molecule has 0 spiro atoms. The van der Waals surface area contributed by atoms with Crippen molar-refractivity contribution in [1.82, 2.24) is 0 Å². The monoisotopic (exact) mass is 405 g/mol. The first kappa shape index (κ1) is 25.9. The first-order chi connectivity index (χ1) is 10.9. The van der Waals surface area contributed by atoms with Gasteiger partial charge in [-0.2, -0.15) is 23.6 Å². The van der Waals surface area contributed by atoms with E-state index >= 15 is 0 Å². The molecule has 3 aromatic rings. The van der Waals surface area contributed by atoms with Crippen molar-refractivity contribution in [2.24, 2.45) is 0 Å². The molecule has 3 aromatic carbocycles. The number of rotatable bonds is 1. The Morgan fingerprint density at radius 1 is 0.920 bits per heavy atom. The Labute approximate surface area is 175 Å². The third kappa shape index (κ3) is 10.3. The van der Waals surface area contributed by atoms with Crippen LogP contribution in [-0.4, -0.2) is 4.31 Å². The molecule has 0 bridgehead atoms. The van der Waals surface area contributed by atoms with Crippen LogP contribution in [-0.2, 0) is 20.0 Å². The molecule has 132 valence electrons. The maximum atomic E-state index is 2.99. The van der Waals surface area contributed by atoms with Gasteiger partial charge in [-0.1, -0.05) is 6.07 Å². The molecule has 4 rings (SSSR count). The van der Waals surface area contributed by atoms with Crippen LogP contribution in [0.1, 0.15) is 12.0 Å². The minimum atomic E-state index is 0. The average Bonchev–Trinajstić information content (AvgIpc) is 3.30. The van der Waals surface area contributed by atoms with E-state index in [0.717, 1.165) is 6.42 Å². The van der Waals surface area contributed by atoms with Crippen LogP contribution < -0.4 is 0 Å². The number of hydrogen-bond acceptors (Lipinski definition) is 0. The molecule has 0 saturated heterocycles. The molecule has 1 aliphatic rings. The smallest absolute Gasteiger partial charge is 0.0809 e. The van der Waals surface area contributed by atoms with Gasteiger partial charge in [0, 0.05) is 0 Å². The van der Waals surface area contributed by atoms with Crippen LogP contribution >= 0.6 is 24.8 Å². The van der Waals surface area contributed by atoms with Crippen molar-refractivity contribution >= 4 is 39.9 Å². The van der Waals surface area contributed by atoms with Gasteiger partial charge in [-0.25, -0.2) is 12.2 Å². The zero-order valence-corrected chi connectivity index (χ0v) is 17.5. The minimum absolute atomic E-state index is 0. The van der Waals surface area contributed by atoms with Crippen molar-refractivity contribution in [3.05, 3.63) is 110 Å². The van der Waals surface area contributed by atoms with Crippen molar-refractivity contribution in [1.29, 1.82) is 0 Å². The third-order valence-corrected chi connectivity index (χ3v) is 3.62. The van der Waals surface area contributed by atoms with E-state index in [0.29, 0.717) is 0 Å².